The van der Waals surface area contributed by atoms with Crippen molar-refractivity contribution in [3.63, 3.8) is 0 Å². The van der Waals surface area contributed by atoms with Crippen LogP contribution in [0.2, 0.25) is 0 Å². The van der Waals surface area contributed by atoms with Gasteiger partial charge in [-0.15, -0.1) is 0 Å². The highest BCUT2D eigenvalue weighted by Crippen LogP contribution is 2.18. The number of halogens is 1. The highest BCUT2D eigenvalue weighted by atomic mass is 32.1. The molecule has 0 aromatic heterocycles. The smallest absolute Gasteiger partial charge is 0.165 e. The Hall–Kier alpha value is -1.16. The summed E-state index contributed by atoms with van der Waals surface area (Å²) in [5.74, 6) is -0.185. The number of hydrogen-bond donors (Lipinski definition) is 1. The summed E-state index contributed by atoms with van der Waals surface area (Å²) in [5.41, 5.74) is 5.87. The van der Waals surface area contributed by atoms with Crippen LogP contribution in [-0.2, 0) is 0 Å². The fraction of sp³-hybridized carbons (Fsp3) is 0.300. The van der Waals surface area contributed by atoms with Crippen LogP contribution < -0.4 is 10.5 Å². The molecule has 1 rings (SSSR count). The third kappa shape index (κ3) is 2.67. The monoisotopic (exact) mass is 213 g/mol. The molecule has 0 aliphatic rings. The van der Waals surface area contributed by atoms with E-state index < -0.39 is 5.82 Å². The normalized spacial score (nSPS) is 9.86. The molecule has 0 bridgehead atoms. The number of nitrogens with two attached hydrogens (primary N) is 1. The summed E-state index contributed by atoms with van der Waals surface area (Å²) in [6, 6.07) is 4.48. The van der Waals surface area contributed by atoms with E-state index in [1.165, 1.54) is 6.07 Å². The van der Waals surface area contributed by atoms with Gasteiger partial charge in [0.1, 0.15) is 4.99 Å². The zero-order valence-corrected chi connectivity index (χ0v) is 8.73. The molecule has 0 saturated heterocycles. The molecular formula is C10H12FNOS. The first-order chi connectivity index (χ1) is 6.65. The average molecular weight is 213 g/mol. The first-order valence-electron chi connectivity index (χ1n) is 4.37. The van der Waals surface area contributed by atoms with Gasteiger partial charge in [0, 0.05) is 5.56 Å². The molecule has 2 nitrogen and oxygen atoms in total. The zero-order valence-electron chi connectivity index (χ0n) is 7.92. The lowest BCUT2D eigenvalue weighted by atomic mass is 10.2. The summed E-state index contributed by atoms with van der Waals surface area (Å²) in [7, 11) is 0. The van der Waals surface area contributed by atoms with E-state index in [1.807, 2.05) is 6.92 Å². The second-order valence-corrected chi connectivity index (χ2v) is 3.30. The summed E-state index contributed by atoms with van der Waals surface area (Å²) in [6.07, 6.45) is 0.844. The molecule has 1 aromatic rings. The second kappa shape index (κ2) is 4.91. The number of hydrogen-bond acceptors (Lipinski definition) is 2. The topological polar surface area (TPSA) is 35.2 Å². The van der Waals surface area contributed by atoms with Crippen molar-refractivity contribution in [1.29, 1.82) is 0 Å². The first kappa shape index (κ1) is 10.9. The van der Waals surface area contributed by atoms with Crippen LogP contribution in [0.4, 0.5) is 4.39 Å². The maximum atomic E-state index is 13.3. The molecule has 76 valence electrons. The minimum Gasteiger partial charge on any atom is -0.491 e. The van der Waals surface area contributed by atoms with Gasteiger partial charge in [-0.2, -0.15) is 0 Å². The van der Waals surface area contributed by atoms with Crippen LogP contribution in [0, 0.1) is 5.82 Å². The lowest BCUT2D eigenvalue weighted by Gasteiger charge is -2.06. The maximum Gasteiger partial charge on any atom is 0.165 e. The van der Waals surface area contributed by atoms with E-state index >= 15 is 0 Å². The van der Waals surface area contributed by atoms with E-state index in [1.54, 1.807) is 12.1 Å². The van der Waals surface area contributed by atoms with E-state index in [0.29, 0.717) is 12.2 Å². The third-order valence-electron chi connectivity index (χ3n) is 1.68. The Morgan fingerprint density at radius 2 is 2.29 bits per heavy atom. The molecule has 0 heterocycles. The fourth-order valence-corrected chi connectivity index (χ4v) is 1.11. The Labute approximate surface area is 87.9 Å². The Bertz CT molecular complexity index is 341. The SMILES string of the molecule is CCCOc1ccc(C(N)=S)cc1F. The van der Waals surface area contributed by atoms with E-state index in [2.05, 4.69) is 0 Å². The Morgan fingerprint density at radius 3 is 2.79 bits per heavy atom. The number of rotatable bonds is 4. The highest BCUT2D eigenvalue weighted by molar-refractivity contribution is 7.80. The van der Waals surface area contributed by atoms with Crippen LogP contribution in [0.1, 0.15) is 18.9 Å². The first-order valence-corrected chi connectivity index (χ1v) is 4.78. The van der Waals surface area contributed by atoms with Crippen LogP contribution in [0.15, 0.2) is 18.2 Å². The van der Waals surface area contributed by atoms with Crippen molar-refractivity contribution in [2.75, 3.05) is 6.61 Å². The molecule has 1 aromatic carbocycles. The zero-order chi connectivity index (χ0) is 10.6. The molecule has 0 aliphatic heterocycles. The molecule has 0 spiro atoms. The summed E-state index contributed by atoms with van der Waals surface area (Å²) in [5, 5.41) is 0. The van der Waals surface area contributed by atoms with Gasteiger partial charge in [0.25, 0.3) is 0 Å². The number of thiocarbonyl (C=S) groups is 1. The van der Waals surface area contributed by atoms with Crippen molar-refractivity contribution in [3.05, 3.63) is 29.6 Å². The molecule has 0 atom stereocenters. The van der Waals surface area contributed by atoms with Crippen molar-refractivity contribution in [2.24, 2.45) is 5.73 Å². The summed E-state index contributed by atoms with van der Waals surface area (Å²) < 4.78 is 18.5. The molecule has 0 radical (unpaired) electrons. The van der Waals surface area contributed by atoms with Crippen molar-refractivity contribution in [3.8, 4) is 5.75 Å². The highest BCUT2D eigenvalue weighted by Gasteiger charge is 2.05. The summed E-state index contributed by atoms with van der Waals surface area (Å²) in [6.45, 7) is 2.46. The Balaban J connectivity index is 2.84. The predicted octanol–water partition coefficient (Wildman–Crippen LogP) is 2.25. The van der Waals surface area contributed by atoms with Gasteiger partial charge < -0.3 is 10.5 Å². The standard InChI is InChI=1S/C10H12FNOS/c1-2-5-13-9-4-3-7(10(12)14)6-8(9)11/h3-4,6H,2,5H2,1H3,(H2,12,14). The van der Waals surface area contributed by atoms with E-state index in [0.717, 1.165) is 6.42 Å². The van der Waals surface area contributed by atoms with Gasteiger partial charge in [-0.3, -0.25) is 0 Å². The quantitative estimate of drug-likeness (QED) is 0.779. The van der Waals surface area contributed by atoms with Gasteiger partial charge in [-0.05, 0) is 24.6 Å². The van der Waals surface area contributed by atoms with Crippen molar-refractivity contribution in [2.45, 2.75) is 13.3 Å². The maximum absolute atomic E-state index is 13.3. The van der Waals surface area contributed by atoms with Gasteiger partial charge >= 0.3 is 0 Å². The minimum absolute atomic E-state index is 0.186. The minimum atomic E-state index is -0.427. The van der Waals surface area contributed by atoms with Crippen LogP contribution in [0.3, 0.4) is 0 Å². The van der Waals surface area contributed by atoms with Crippen LogP contribution in [0.25, 0.3) is 0 Å². The van der Waals surface area contributed by atoms with Crippen LogP contribution in [0.5, 0.6) is 5.75 Å². The van der Waals surface area contributed by atoms with Crippen molar-refractivity contribution < 1.29 is 9.13 Å². The third-order valence-corrected chi connectivity index (χ3v) is 1.91. The Kier molecular flexibility index (Phi) is 3.83. The summed E-state index contributed by atoms with van der Waals surface area (Å²) >= 11 is 4.72. The summed E-state index contributed by atoms with van der Waals surface area (Å²) in [4.78, 5) is 0.186. The number of ether oxygens (including phenoxy) is 1. The van der Waals surface area contributed by atoms with Gasteiger partial charge in [0.15, 0.2) is 11.6 Å². The molecule has 14 heavy (non-hydrogen) atoms. The molecule has 2 N–H and O–H groups in total. The van der Waals surface area contributed by atoms with Gasteiger partial charge in [0.2, 0.25) is 0 Å². The van der Waals surface area contributed by atoms with Gasteiger partial charge in [-0.25, -0.2) is 4.39 Å². The molecule has 0 fully saturated rings. The fourth-order valence-electron chi connectivity index (χ4n) is 0.983. The largest absolute Gasteiger partial charge is 0.491 e. The lowest BCUT2D eigenvalue weighted by Crippen LogP contribution is -2.09. The molecule has 0 amide bonds. The number of benzene rings is 1. The second-order valence-electron chi connectivity index (χ2n) is 2.86. The van der Waals surface area contributed by atoms with Crippen molar-refractivity contribution >= 4 is 17.2 Å². The molecule has 0 saturated carbocycles. The average Bonchev–Trinajstić information content (AvgIpc) is 2.15. The lowest BCUT2D eigenvalue weighted by molar-refractivity contribution is 0.301. The molecule has 0 aliphatic carbocycles. The molecule has 4 heteroatoms. The van der Waals surface area contributed by atoms with Crippen LogP contribution >= 0.6 is 12.2 Å². The van der Waals surface area contributed by atoms with E-state index in [9.17, 15) is 4.39 Å². The van der Waals surface area contributed by atoms with Gasteiger partial charge in [0.05, 0.1) is 6.61 Å². The Morgan fingerprint density at radius 1 is 1.57 bits per heavy atom. The van der Waals surface area contributed by atoms with Gasteiger partial charge in [-0.1, -0.05) is 19.1 Å². The predicted molar refractivity (Wildman–Crippen MR) is 58.1 cm³/mol. The van der Waals surface area contributed by atoms with Crippen LogP contribution in [-0.4, -0.2) is 11.6 Å². The van der Waals surface area contributed by atoms with Crippen molar-refractivity contribution in [1.82, 2.24) is 0 Å². The van der Waals surface area contributed by atoms with E-state index in [-0.39, 0.29) is 10.7 Å². The van der Waals surface area contributed by atoms with E-state index in [4.69, 9.17) is 22.7 Å². The molecular weight excluding hydrogens is 201 g/mol. The molecule has 0 unspecified atom stereocenters.